The van der Waals surface area contributed by atoms with Crippen LogP contribution in [-0.4, -0.2) is 69.0 Å². The van der Waals surface area contributed by atoms with Crippen molar-refractivity contribution in [2.75, 3.05) is 0 Å². The van der Waals surface area contributed by atoms with Crippen LogP contribution in [0.1, 0.15) is 32.8 Å². The van der Waals surface area contributed by atoms with E-state index in [9.17, 15) is 29.1 Å². The molecule has 8 N–H and O–H groups in total. The minimum atomic E-state index is -1.47. The molecule has 190 valence electrons. The van der Waals surface area contributed by atoms with Gasteiger partial charge in [0.2, 0.25) is 17.7 Å². The lowest BCUT2D eigenvalue weighted by Gasteiger charge is -2.26. The second-order valence-corrected chi connectivity index (χ2v) is 8.64. The number of fused-ring (bicyclic) bond motifs is 1. The van der Waals surface area contributed by atoms with Crippen LogP contribution < -0.4 is 21.7 Å². The number of aliphatic carboxylic acids is 2. The summed E-state index contributed by atoms with van der Waals surface area (Å²) in [5.41, 5.74) is 6.99. The van der Waals surface area contributed by atoms with Crippen LogP contribution in [0.15, 0.2) is 30.5 Å². The molecule has 0 aliphatic heterocycles. The fourth-order valence-corrected chi connectivity index (χ4v) is 3.46. The summed E-state index contributed by atoms with van der Waals surface area (Å²) in [5.74, 6) is -5.47. The summed E-state index contributed by atoms with van der Waals surface area (Å²) in [7, 11) is 0. The zero-order valence-corrected chi connectivity index (χ0v) is 19.7. The van der Waals surface area contributed by atoms with Crippen molar-refractivity contribution in [2.24, 2.45) is 11.7 Å². The summed E-state index contributed by atoms with van der Waals surface area (Å²) in [4.78, 5) is 63.7. The Labute approximate surface area is 201 Å². The average Bonchev–Trinajstić information content (AvgIpc) is 3.18. The van der Waals surface area contributed by atoms with Crippen LogP contribution in [0, 0.1) is 5.92 Å². The van der Waals surface area contributed by atoms with Gasteiger partial charge in [-0.2, -0.15) is 0 Å². The van der Waals surface area contributed by atoms with Gasteiger partial charge in [0.1, 0.15) is 18.1 Å². The summed E-state index contributed by atoms with van der Waals surface area (Å²) in [6.45, 7) is 4.63. The van der Waals surface area contributed by atoms with Gasteiger partial charge in [0.05, 0.1) is 12.5 Å². The van der Waals surface area contributed by atoms with E-state index in [2.05, 4.69) is 20.9 Å². The highest BCUT2D eigenvalue weighted by atomic mass is 16.4. The second-order valence-electron chi connectivity index (χ2n) is 8.64. The van der Waals surface area contributed by atoms with Crippen LogP contribution in [0.3, 0.4) is 0 Å². The molecule has 1 heterocycles. The van der Waals surface area contributed by atoms with Gasteiger partial charge in [0.25, 0.3) is 0 Å². The third kappa shape index (κ3) is 7.54. The fraction of sp³-hybridized carbons (Fsp3) is 0.435. The summed E-state index contributed by atoms with van der Waals surface area (Å²) in [6.07, 6.45) is 0.942. The van der Waals surface area contributed by atoms with E-state index < -0.39 is 66.2 Å². The van der Waals surface area contributed by atoms with Crippen molar-refractivity contribution in [1.82, 2.24) is 20.9 Å². The van der Waals surface area contributed by atoms with E-state index in [0.29, 0.717) is 5.56 Å². The highest BCUT2D eigenvalue weighted by Crippen LogP contribution is 2.19. The molecule has 0 aliphatic rings. The molecular weight excluding hydrogens is 458 g/mol. The number of nitrogens with one attached hydrogen (secondary N) is 4. The number of carboxylic acids is 2. The number of nitrogens with two attached hydrogens (primary N) is 1. The molecule has 12 nitrogen and oxygen atoms in total. The summed E-state index contributed by atoms with van der Waals surface area (Å²) in [6, 6.07) is 2.40. The highest BCUT2D eigenvalue weighted by Gasteiger charge is 2.32. The van der Waals surface area contributed by atoms with Gasteiger partial charge in [-0.05, 0) is 24.5 Å². The molecule has 0 saturated carbocycles. The average molecular weight is 490 g/mol. The number of rotatable bonds is 12. The van der Waals surface area contributed by atoms with Crippen LogP contribution in [0.4, 0.5) is 0 Å². The number of H-pyrrole nitrogens is 1. The monoisotopic (exact) mass is 489 g/mol. The molecule has 0 saturated heterocycles. The van der Waals surface area contributed by atoms with Gasteiger partial charge >= 0.3 is 11.9 Å². The first-order chi connectivity index (χ1) is 16.4. The second kappa shape index (κ2) is 12.0. The van der Waals surface area contributed by atoms with Gasteiger partial charge in [-0.15, -0.1) is 0 Å². The Morgan fingerprint density at radius 1 is 0.914 bits per heavy atom. The molecule has 2 rings (SSSR count). The van der Waals surface area contributed by atoms with Gasteiger partial charge in [-0.25, -0.2) is 4.79 Å². The maximum atomic E-state index is 13.0. The molecule has 0 fully saturated rings. The third-order valence-corrected chi connectivity index (χ3v) is 5.39. The Morgan fingerprint density at radius 3 is 2.11 bits per heavy atom. The Bertz CT molecular complexity index is 1090. The van der Waals surface area contributed by atoms with Gasteiger partial charge in [-0.1, -0.05) is 32.0 Å². The number of benzene rings is 1. The molecule has 0 spiro atoms. The predicted molar refractivity (Wildman–Crippen MR) is 126 cm³/mol. The minimum Gasteiger partial charge on any atom is -0.481 e. The van der Waals surface area contributed by atoms with Crippen LogP contribution in [0.2, 0.25) is 0 Å². The van der Waals surface area contributed by atoms with Crippen molar-refractivity contribution in [3.05, 3.63) is 36.0 Å². The Hall–Kier alpha value is -3.93. The first-order valence-corrected chi connectivity index (χ1v) is 11.1. The fourth-order valence-electron chi connectivity index (χ4n) is 3.46. The van der Waals surface area contributed by atoms with Gasteiger partial charge in [0.15, 0.2) is 0 Å². The van der Waals surface area contributed by atoms with Crippen LogP contribution in [-0.2, 0) is 30.4 Å². The van der Waals surface area contributed by atoms with E-state index in [0.717, 1.165) is 10.9 Å². The first-order valence-electron chi connectivity index (χ1n) is 11.1. The lowest BCUT2D eigenvalue weighted by atomic mass is 10.0. The first kappa shape index (κ1) is 27.3. The molecule has 0 aliphatic carbocycles. The molecule has 0 bridgehead atoms. The number of para-hydroxylation sites is 1. The number of hydrogen-bond donors (Lipinski definition) is 7. The zero-order valence-electron chi connectivity index (χ0n) is 19.7. The Kier molecular flexibility index (Phi) is 9.34. The van der Waals surface area contributed by atoms with Gasteiger partial charge in [-0.3, -0.25) is 19.2 Å². The Balaban J connectivity index is 2.16. The molecule has 1 aromatic heterocycles. The normalized spacial score (nSPS) is 14.5. The van der Waals surface area contributed by atoms with Crippen LogP contribution >= 0.6 is 0 Å². The van der Waals surface area contributed by atoms with Crippen LogP contribution in [0.25, 0.3) is 10.9 Å². The van der Waals surface area contributed by atoms with E-state index in [1.807, 2.05) is 24.3 Å². The molecule has 2 aromatic rings. The molecular formula is C23H31N5O7. The lowest BCUT2D eigenvalue weighted by molar-refractivity contribution is -0.143. The maximum absolute atomic E-state index is 13.0. The lowest BCUT2D eigenvalue weighted by Crippen LogP contribution is -2.58. The molecule has 35 heavy (non-hydrogen) atoms. The summed E-state index contributed by atoms with van der Waals surface area (Å²) >= 11 is 0. The minimum absolute atomic E-state index is 0.00403. The standard InChI is InChI=1S/C23H31N5O7/c1-11(2)19(28-21(32)16(9-18(29)30)26-20(31)12(3)24)22(33)27-17(23(34)35)8-13-10-25-15-7-5-4-6-14(13)15/h4-7,10-12,16-17,19,25H,8-9,24H2,1-3H3,(H,26,31)(H,27,33)(H,28,32)(H,29,30)(H,34,35). The van der Waals surface area contributed by atoms with E-state index in [-0.39, 0.29) is 6.42 Å². The van der Waals surface area contributed by atoms with E-state index in [4.69, 9.17) is 10.8 Å². The number of carbonyl (C=O) groups excluding carboxylic acids is 3. The molecule has 1 aromatic carbocycles. The summed E-state index contributed by atoms with van der Waals surface area (Å²) < 4.78 is 0. The molecule has 4 unspecified atom stereocenters. The molecule has 4 atom stereocenters. The van der Waals surface area contributed by atoms with Crippen molar-refractivity contribution in [3.8, 4) is 0 Å². The van der Waals surface area contributed by atoms with Gasteiger partial charge in [0, 0.05) is 23.5 Å². The number of amides is 3. The SMILES string of the molecule is CC(N)C(=O)NC(CC(=O)O)C(=O)NC(C(=O)NC(Cc1c[nH]c2ccccc12)C(=O)O)C(C)C. The number of aromatic nitrogens is 1. The maximum Gasteiger partial charge on any atom is 0.326 e. The largest absolute Gasteiger partial charge is 0.481 e. The molecule has 3 amide bonds. The smallest absolute Gasteiger partial charge is 0.326 e. The van der Waals surface area contributed by atoms with Crippen molar-refractivity contribution in [3.63, 3.8) is 0 Å². The van der Waals surface area contributed by atoms with Crippen LogP contribution in [0.5, 0.6) is 0 Å². The summed E-state index contributed by atoms with van der Waals surface area (Å²) in [5, 5.41) is 26.8. The Morgan fingerprint density at radius 2 is 1.54 bits per heavy atom. The van der Waals surface area contributed by atoms with Crippen molar-refractivity contribution >= 4 is 40.6 Å². The number of hydrogen-bond acceptors (Lipinski definition) is 6. The predicted octanol–water partition coefficient (Wildman–Crippen LogP) is -0.273. The van der Waals surface area contributed by atoms with Crippen molar-refractivity contribution < 1.29 is 34.2 Å². The zero-order chi connectivity index (χ0) is 26.3. The highest BCUT2D eigenvalue weighted by molar-refractivity contribution is 5.95. The number of carboxylic acid groups (broad SMARTS) is 2. The third-order valence-electron chi connectivity index (χ3n) is 5.39. The van der Waals surface area contributed by atoms with E-state index in [1.54, 1.807) is 20.0 Å². The number of aromatic amines is 1. The number of carbonyl (C=O) groups is 5. The van der Waals surface area contributed by atoms with Crippen molar-refractivity contribution in [1.29, 1.82) is 0 Å². The molecule has 0 radical (unpaired) electrons. The quantitative estimate of drug-likeness (QED) is 0.211. The van der Waals surface area contributed by atoms with E-state index >= 15 is 0 Å². The molecule has 12 heteroatoms. The van der Waals surface area contributed by atoms with E-state index in [1.165, 1.54) is 6.92 Å². The topological polar surface area (TPSA) is 204 Å². The van der Waals surface area contributed by atoms with Crippen molar-refractivity contribution in [2.45, 2.75) is 57.8 Å². The van der Waals surface area contributed by atoms with Gasteiger partial charge < -0.3 is 36.9 Å².